The second kappa shape index (κ2) is 10.3. The number of carbonyl (C=O) groups is 2. The summed E-state index contributed by atoms with van der Waals surface area (Å²) in [6.45, 7) is 0.666. The van der Waals surface area contributed by atoms with Gasteiger partial charge in [-0.05, 0) is 24.0 Å². The maximum Gasteiger partial charge on any atom is 0.241 e. The molecule has 0 unspecified atom stereocenters. The van der Waals surface area contributed by atoms with Gasteiger partial charge >= 0.3 is 0 Å². The first-order valence-electron chi connectivity index (χ1n) is 10.5. The summed E-state index contributed by atoms with van der Waals surface area (Å²) in [7, 11) is 0. The number of carbonyl (C=O) groups excluding carboxylic acids is 2. The lowest BCUT2D eigenvalue weighted by Gasteiger charge is -2.11. The zero-order valence-electron chi connectivity index (χ0n) is 17.3. The molecule has 7 heteroatoms. The number of amides is 2. The van der Waals surface area contributed by atoms with Crippen LogP contribution in [-0.2, 0) is 40.5 Å². The van der Waals surface area contributed by atoms with Crippen molar-refractivity contribution in [3.8, 4) is 0 Å². The number of rotatable bonds is 9. The first-order chi connectivity index (χ1) is 15.2. The summed E-state index contributed by atoms with van der Waals surface area (Å²) in [5.74, 6) is 2.11. The van der Waals surface area contributed by atoms with Crippen molar-refractivity contribution in [2.45, 2.75) is 37.3 Å². The standard InChI is InChI=1S/C24H26N4O2S/c29-22(12-11-18-7-3-1-4-8-18)26-24-20-16-31-17-21(20)27-28(24)15-23(30)25-14-13-19-9-5-2-6-10-19/h1-10H,11-17H2,(H,25,30)(H,26,29). The van der Waals surface area contributed by atoms with Crippen LogP contribution in [0.1, 0.15) is 28.8 Å². The monoisotopic (exact) mass is 434 g/mol. The lowest BCUT2D eigenvalue weighted by molar-refractivity contribution is -0.122. The van der Waals surface area contributed by atoms with E-state index in [9.17, 15) is 9.59 Å². The average Bonchev–Trinajstić information content (AvgIpc) is 3.36. The molecule has 2 aromatic carbocycles. The number of hydrogen-bond acceptors (Lipinski definition) is 4. The Balaban J connectivity index is 1.34. The highest BCUT2D eigenvalue weighted by Crippen LogP contribution is 2.34. The van der Waals surface area contributed by atoms with E-state index in [2.05, 4.69) is 15.7 Å². The van der Waals surface area contributed by atoms with Gasteiger partial charge in [0.1, 0.15) is 12.4 Å². The molecule has 0 fully saturated rings. The van der Waals surface area contributed by atoms with E-state index >= 15 is 0 Å². The van der Waals surface area contributed by atoms with Crippen molar-refractivity contribution in [3.63, 3.8) is 0 Å². The molecule has 0 bridgehead atoms. The van der Waals surface area contributed by atoms with E-state index in [1.807, 2.05) is 60.7 Å². The van der Waals surface area contributed by atoms with Crippen LogP contribution in [0.25, 0.3) is 0 Å². The number of anilines is 1. The highest BCUT2D eigenvalue weighted by Gasteiger charge is 2.24. The summed E-state index contributed by atoms with van der Waals surface area (Å²) in [5, 5.41) is 10.6. The summed E-state index contributed by atoms with van der Waals surface area (Å²) in [5.41, 5.74) is 4.31. The molecule has 2 amide bonds. The number of nitrogens with zero attached hydrogens (tertiary/aromatic N) is 2. The molecule has 0 atom stereocenters. The molecule has 0 aliphatic carbocycles. The molecule has 31 heavy (non-hydrogen) atoms. The Bertz CT molecular complexity index is 1030. The molecule has 2 heterocycles. The Morgan fingerprint density at radius 2 is 1.58 bits per heavy atom. The maximum atomic E-state index is 12.6. The van der Waals surface area contributed by atoms with Crippen LogP contribution in [-0.4, -0.2) is 28.1 Å². The fourth-order valence-corrected chi connectivity index (χ4v) is 4.64. The number of fused-ring (bicyclic) bond motifs is 1. The molecule has 0 spiro atoms. The molecule has 160 valence electrons. The van der Waals surface area contributed by atoms with Crippen molar-refractivity contribution in [2.24, 2.45) is 0 Å². The lowest BCUT2D eigenvalue weighted by Crippen LogP contribution is -2.30. The minimum Gasteiger partial charge on any atom is -0.354 e. The SMILES string of the molecule is O=C(Cn1nc2c(c1NC(=O)CCc1ccccc1)CSC2)NCCc1ccccc1. The van der Waals surface area contributed by atoms with E-state index in [0.29, 0.717) is 25.2 Å². The zero-order chi connectivity index (χ0) is 21.5. The molecule has 0 saturated carbocycles. The molecule has 1 aromatic heterocycles. The number of aryl methyl sites for hydroxylation is 1. The fourth-order valence-electron chi connectivity index (χ4n) is 3.60. The van der Waals surface area contributed by atoms with E-state index < -0.39 is 0 Å². The van der Waals surface area contributed by atoms with Gasteiger partial charge in [0.15, 0.2) is 0 Å². The first kappa shape index (κ1) is 21.2. The second-order valence-electron chi connectivity index (χ2n) is 7.54. The predicted molar refractivity (Wildman–Crippen MR) is 124 cm³/mol. The van der Waals surface area contributed by atoms with Crippen LogP contribution < -0.4 is 10.6 Å². The third-order valence-electron chi connectivity index (χ3n) is 5.23. The van der Waals surface area contributed by atoms with Gasteiger partial charge in [-0.15, -0.1) is 0 Å². The third-order valence-corrected chi connectivity index (χ3v) is 6.20. The summed E-state index contributed by atoms with van der Waals surface area (Å²) in [6, 6.07) is 20.0. The molecular weight excluding hydrogens is 408 g/mol. The van der Waals surface area contributed by atoms with Crippen molar-refractivity contribution >= 4 is 29.4 Å². The van der Waals surface area contributed by atoms with E-state index in [1.165, 1.54) is 5.56 Å². The van der Waals surface area contributed by atoms with Crippen molar-refractivity contribution < 1.29 is 9.59 Å². The normalized spacial score (nSPS) is 12.4. The van der Waals surface area contributed by atoms with Crippen LogP contribution in [0, 0.1) is 0 Å². The number of thioether (sulfide) groups is 1. The molecule has 3 aromatic rings. The Labute approximate surface area is 186 Å². The second-order valence-corrected chi connectivity index (χ2v) is 8.53. The van der Waals surface area contributed by atoms with Crippen LogP contribution in [0.15, 0.2) is 60.7 Å². The van der Waals surface area contributed by atoms with Gasteiger partial charge in [0.2, 0.25) is 11.8 Å². The van der Waals surface area contributed by atoms with Crippen LogP contribution in [0.4, 0.5) is 5.82 Å². The summed E-state index contributed by atoms with van der Waals surface area (Å²) >= 11 is 1.77. The maximum absolute atomic E-state index is 12.6. The molecule has 0 radical (unpaired) electrons. The van der Waals surface area contributed by atoms with Crippen LogP contribution >= 0.6 is 11.8 Å². The third kappa shape index (κ3) is 5.76. The molecule has 0 saturated heterocycles. The Kier molecular flexibility index (Phi) is 7.04. The van der Waals surface area contributed by atoms with E-state index in [1.54, 1.807) is 16.4 Å². The first-order valence-corrected chi connectivity index (χ1v) is 11.6. The topological polar surface area (TPSA) is 76.0 Å². The number of nitrogens with one attached hydrogen (secondary N) is 2. The van der Waals surface area contributed by atoms with Crippen LogP contribution in [0.3, 0.4) is 0 Å². The molecule has 1 aliphatic heterocycles. The van der Waals surface area contributed by atoms with Crippen LogP contribution in [0.5, 0.6) is 0 Å². The minimum absolute atomic E-state index is 0.0609. The quantitative estimate of drug-likeness (QED) is 0.540. The highest BCUT2D eigenvalue weighted by atomic mass is 32.2. The largest absolute Gasteiger partial charge is 0.354 e. The van der Waals surface area contributed by atoms with Gasteiger partial charge in [0, 0.05) is 30.0 Å². The van der Waals surface area contributed by atoms with E-state index in [4.69, 9.17) is 0 Å². The Hall–Kier alpha value is -3.06. The predicted octanol–water partition coefficient (Wildman–Crippen LogP) is 3.56. The Morgan fingerprint density at radius 1 is 0.903 bits per heavy atom. The smallest absolute Gasteiger partial charge is 0.241 e. The van der Waals surface area contributed by atoms with Gasteiger partial charge in [0.05, 0.1) is 5.69 Å². The molecule has 6 nitrogen and oxygen atoms in total. The summed E-state index contributed by atoms with van der Waals surface area (Å²) < 4.78 is 1.64. The van der Waals surface area contributed by atoms with Crippen molar-refractivity contribution in [2.75, 3.05) is 11.9 Å². The number of benzene rings is 2. The van der Waals surface area contributed by atoms with Crippen molar-refractivity contribution in [1.29, 1.82) is 0 Å². The van der Waals surface area contributed by atoms with Crippen molar-refractivity contribution in [3.05, 3.63) is 83.0 Å². The van der Waals surface area contributed by atoms with Gasteiger partial charge in [-0.2, -0.15) is 16.9 Å². The molecule has 1 aliphatic rings. The molecule has 4 rings (SSSR count). The van der Waals surface area contributed by atoms with Gasteiger partial charge < -0.3 is 10.6 Å². The summed E-state index contributed by atoms with van der Waals surface area (Å²) in [4.78, 5) is 25.1. The van der Waals surface area contributed by atoms with Gasteiger partial charge in [-0.25, -0.2) is 4.68 Å². The van der Waals surface area contributed by atoms with Gasteiger partial charge in [-0.1, -0.05) is 60.7 Å². The zero-order valence-corrected chi connectivity index (χ0v) is 18.2. The number of aromatic nitrogens is 2. The minimum atomic E-state index is -0.107. The highest BCUT2D eigenvalue weighted by molar-refractivity contribution is 7.98. The fraction of sp³-hybridized carbons (Fsp3) is 0.292. The van der Waals surface area contributed by atoms with Gasteiger partial charge in [0.25, 0.3) is 0 Å². The van der Waals surface area contributed by atoms with Gasteiger partial charge in [-0.3, -0.25) is 9.59 Å². The number of hydrogen-bond donors (Lipinski definition) is 2. The van der Waals surface area contributed by atoms with E-state index in [-0.39, 0.29) is 18.4 Å². The average molecular weight is 435 g/mol. The lowest BCUT2D eigenvalue weighted by atomic mass is 10.1. The van der Waals surface area contributed by atoms with Crippen LogP contribution in [0.2, 0.25) is 0 Å². The summed E-state index contributed by atoms with van der Waals surface area (Å²) in [6.07, 6.45) is 1.85. The Morgan fingerprint density at radius 3 is 2.29 bits per heavy atom. The molecular formula is C24H26N4O2S. The van der Waals surface area contributed by atoms with Crippen molar-refractivity contribution in [1.82, 2.24) is 15.1 Å². The molecule has 2 N–H and O–H groups in total. The van der Waals surface area contributed by atoms with E-state index in [0.717, 1.165) is 34.7 Å².